The first-order valence-electron chi connectivity index (χ1n) is 1.78. The number of rotatable bonds is 1. The lowest BCUT2D eigenvalue weighted by Gasteiger charge is -1.70. The van der Waals surface area contributed by atoms with Crippen LogP contribution in [-0.2, 0) is 0 Å². The van der Waals surface area contributed by atoms with Crippen LogP contribution < -0.4 is 0 Å². The molecule has 0 amide bonds. The molecule has 0 aliphatic heterocycles. The predicted octanol–water partition coefficient (Wildman–Crippen LogP) is -0.807. The van der Waals surface area contributed by atoms with E-state index in [0.29, 0.717) is 0 Å². The van der Waals surface area contributed by atoms with Crippen molar-refractivity contribution in [1.82, 2.24) is 0 Å². The van der Waals surface area contributed by atoms with Gasteiger partial charge in [0.05, 0.1) is 13.2 Å². The highest BCUT2D eigenvalue weighted by Gasteiger charge is 1.70. The third kappa shape index (κ3) is 2520. The molecule has 8 heavy (non-hydrogen) atoms. The van der Waals surface area contributed by atoms with Crippen molar-refractivity contribution in [2.45, 2.75) is 0 Å². The van der Waals surface area contributed by atoms with Gasteiger partial charge in [0.15, 0.2) is 0 Å². The van der Waals surface area contributed by atoms with Gasteiger partial charge in [-0.15, -0.1) is 0 Å². The summed E-state index contributed by atoms with van der Waals surface area (Å²) < 4.78 is 0. The van der Waals surface area contributed by atoms with Gasteiger partial charge in [0.25, 0.3) is 0 Å². The van der Waals surface area contributed by atoms with Crippen molar-refractivity contribution in [3.8, 4) is 0 Å². The molecule has 0 spiro atoms. The van der Waals surface area contributed by atoms with Crippen molar-refractivity contribution in [2.75, 3.05) is 13.2 Å². The molecule has 5 heteroatoms. The molecule has 0 atom stereocenters. The Hall–Kier alpha value is -0.810. The van der Waals surface area contributed by atoms with E-state index in [9.17, 15) is 0 Å². The molecule has 4 N–H and O–H groups in total. The molecule has 0 aliphatic carbocycles. The summed E-state index contributed by atoms with van der Waals surface area (Å²) >= 11 is 0. The first kappa shape index (κ1) is 10.2. The van der Waals surface area contributed by atoms with Crippen molar-refractivity contribution in [2.24, 2.45) is 0 Å². The molecule has 0 aromatic heterocycles. The van der Waals surface area contributed by atoms with E-state index in [1.54, 1.807) is 0 Å². The van der Waals surface area contributed by atoms with Gasteiger partial charge in [0, 0.05) is 0 Å². The van der Waals surface area contributed by atoms with Crippen molar-refractivity contribution in [3.05, 3.63) is 0 Å². The van der Waals surface area contributed by atoms with E-state index in [4.69, 9.17) is 25.2 Å². The van der Waals surface area contributed by atoms with E-state index in [0.717, 1.165) is 0 Å². The summed E-state index contributed by atoms with van der Waals surface area (Å²) in [6.45, 7) is -0.250. The second kappa shape index (κ2) is 9.50. The van der Waals surface area contributed by atoms with E-state index in [2.05, 4.69) is 0 Å². The molecule has 0 radical (unpaired) electrons. The van der Waals surface area contributed by atoms with E-state index in [1.807, 2.05) is 0 Å². The van der Waals surface area contributed by atoms with Gasteiger partial charge in [-0.05, 0) is 0 Å². The van der Waals surface area contributed by atoms with Crippen LogP contribution in [0.3, 0.4) is 0 Å². The van der Waals surface area contributed by atoms with Crippen LogP contribution in [0.5, 0.6) is 0 Å². The Morgan fingerprint density at radius 3 is 1.25 bits per heavy atom. The summed E-state index contributed by atoms with van der Waals surface area (Å²) in [5.41, 5.74) is 0. The minimum absolute atomic E-state index is 0.125. The molecule has 0 aromatic rings. The second-order valence-corrected chi connectivity index (χ2v) is 0.730. The van der Waals surface area contributed by atoms with Crippen LogP contribution in [0.1, 0.15) is 0 Å². The average Bonchev–Trinajstić information content (AvgIpc) is 1.65. The standard InChI is InChI=1S/C2H6O2.CH2O3/c3-1-2-4;2-1(3)4/h3-4H,1-2H2;(H2,2,3,4). The Bertz CT molecular complexity index is 45.6. The molecule has 0 rings (SSSR count). The van der Waals surface area contributed by atoms with E-state index in [-0.39, 0.29) is 13.2 Å². The summed E-state index contributed by atoms with van der Waals surface area (Å²) in [5.74, 6) is 0. The smallest absolute Gasteiger partial charge is 0.450 e. The molecule has 0 fully saturated rings. The fraction of sp³-hybridized carbons (Fsp3) is 0.667. The van der Waals surface area contributed by atoms with E-state index >= 15 is 0 Å². The Morgan fingerprint density at radius 2 is 1.25 bits per heavy atom. The van der Waals surface area contributed by atoms with Crippen LogP contribution in [0.15, 0.2) is 0 Å². The third-order valence-corrected chi connectivity index (χ3v) is 0.1000. The summed E-state index contributed by atoms with van der Waals surface area (Å²) in [6.07, 6.45) is -1.83. The lowest BCUT2D eigenvalue weighted by atomic mass is 10.8. The highest BCUT2D eigenvalue weighted by atomic mass is 16.6. The van der Waals surface area contributed by atoms with E-state index < -0.39 is 6.16 Å². The molecular weight excluding hydrogens is 116 g/mol. The summed E-state index contributed by atoms with van der Waals surface area (Å²) in [4.78, 5) is 8.56. The molecule has 0 aromatic carbocycles. The maximum absolute atomic E-state index is 8.56. The van der Waals surface area contributed by atoms with Crippen LogP contribution >= 0.6 is 0 Å². The molecule has 0 aliphatic rings. The monoisotopic (exact) mass is 124 g/mol. The maximum atomic E-state index is 8.56. The number of carbonyl (C=O) groups is 1. The van der Waals surface area contributed by atoms with Crippen molar-refractivity contribution < 1.29 is 25.2 Å². The highest BCUT2D eigenvalue weighted by molar-refractivity contribution is 5.53. The zero-order valence-electron chi connectivity index (χ0n) is 4.11. The largest absolute Gasteiger partial charge is 0.503 e. The Balaban J connectivity index is 0. The normalized spacial score (nSPS) is 6.75. The molecule has 0 saturated heterocycles. The number of aliphatic hydroxyl groups excluding tert-OH is 2. The number of hydrogen-bond acceptors (Lipinski definition) is 3. The van der Waals surface area contributed by atoms with Crippen molar-refractivity contribution >= 4 is 6.16 Å². The number of aliphatic hydroxyl groups is 2. The van der Waals surface area contributed by atoms with Crippen LogP contribution in [-0.4, -0.2) is 39.8 Å². The van der Waals surface area contributed by atoms with Crippen LogP contribution in [0.4, 0.5) is 4.79 Å². The SMILES string of the molecule is O=C(O)O.OCCO. The fourth-order valence-electron chi connectivity index (χ4n) is 0. The van der Waals surface area contributed by atoms with Gasteiger partial charge < -0.3 is 20.4 Å². The van der Waals surface area contributed by atoms with Crippen molar-refractivity contribution in [3.63, 3.8) is 0 Å². The Morgan fingerprint density at radius 1 is 1.12 bits per heavy atom. The first-order chi connectivity index (χ1) is 3.65. The molecule has 5 nitrogen and oxygen atoms in total. The zero-order valence-corrected chi connectivity index (χ0v) is 4.11. The van der Waals surface area contributed by atoms with Crippen LogP contribution in [0.25, 0.3) is 0 Å². The predicted molar refractivity (Wildman–Crippen MR) is 24.8 cm³/mol. The lowest BCUT2D eigenvalue weighted by Crippen LogP contribution is -1.85. The third-order valence-electron chi connectivity index (χ3n) is 0.1000. The van der Waals surface area contributed by atoms with Crippen molar-refractivity contribution in [1.29, 1.82) is 0 Å². The van der Waals surface area contributed by atoms with Gasteiger partial charge in [-0.25, -0.2) is 4.79 Å². The number of hydrogen-bond donors (Lipinski definition) is 4. The molecule has 0 heterocycles. The van der Waals surface area contributed by atoms with Gasteiger partial charge in [-0.1, -0.05) is 0 Å². The fourth-order valence-corrected chi connectivity index (χ4v) is 0. The van der Waals surface area contributed by atoms with Crippen LogP contribution in [0.2, 0.25) is 0 Å². The highest BCUT2D eigenvalue weighted by Crippen LogP contribution is 1.42. The van der Waals surface area contributed by atoms with Gasteiger partial charge >= 0.3 is 6.16 Å². The minimum Gasteiger partial charge on any atom is -0.450 e. The zero-order chi connectivity index (χ0) is 6.99. The van der Waals surface area contributed by atoms with Gasteiger partial charge in [0.1, 0.15) is 0 Å². The minimum atomic E-state index is -1.83. The first-order valence-corrected chi connectivity index (χ1v) is 1.78. The second-order valence-electron chi connectivity index (χ2n) is 0.730. The Labute approximate surface area is 45.8 Å². The molecular formula is C3H8O5. The van der Waals surface area contributed by atoms with Crippen LogP contribution in [0, 0.1) is 0 Å². The van der Waals surface area contributed by atoms with Gasteiger partial charge in [-0.2, -0.15) is 0 Å². The lowest BCUT2D eigenvalue weighted by molar-refractivity contribution is 0.137. The topological polar surface area (TPSA) is 98.0 Å². The number of carboxylic acid groups (broad SMARTS) is 2. The Kier molecular flexibility index (Phi) is 12.1. The summed E-state index contributed by atoms with van der Waals surface area (Å²) in [5, 5.41) is 29.2. The molecule has 50 valence electrons. The molecule has 0 bridgehead atoms. The molecule has 0 unspecified atom stereocenters. The van der Waals surface area contributed by atoms with Gasteiger partial charge in [-0.3, -0.25) is 0 Å². The average molecular weight is 124 g/mol. The quantitative estimate of drug-likeness (QED) is 0.366. The summed E-state index contributed by atoms with van der Waals surface area (Å²) in [6, 6.07) is 0. The van der Waals surface area contributed by atoms with Gasteiger partial charge in [0.2, 0.25) is 0 Å². The maximum Gasteiger partial charge on any atom is 0.503 e. The summed E-state index contributed by atoms with van der Waals surface area (Å²) in [7, 11) is 0. The molecule has 0 saturated carbocycles. The van der Waals surface area contributed by atoms with E-state index in [1.165, 1.54) is 0 Å².